The highest BCUT2D eigenvalue weighted by Gasteiger charge is 2.21. The van der Waals surface area contributed by atoms with Crippen LogP contribution in [0.4, 0.5) is 5.69 Å². The molecule has 162 valence electrons. The van der Waals surface area contributed by atoms with E-state index in [-0.39, 0.29) is 18.2 Å². The van der Waals surface area contributed by atoms with Crippen LogP contribution >= 0.6 is 0 Å². The molecule has 2 heterocycles. The second-order valence-corrected chi connectivity index (χ2v) is 7.20. The molecule has 2 aromatic carbocycles. The maximum Gasteiger partial charge on any atom is 0.302 e. The van der Waals surface area contributed by atoms with Gasteiger partial charge in [0, 0.05) is 5.39 Å². The van der Waals surface area contributed by atoms with Crippen molar-refractivity contribution in [1.29, 1.82) is 0 Å². The number of hydrogen-bond acceptors (Lipinski definition) is 6. The number of morpholine rings is 1. The van der Waals surface area contributed by atoms with Gasteiger partial charge in [-0.1, -0.05) is 18.2 Å². The van der Waals surface area contributed by atoms with Crippen molar-refractivity contribution in [3.05, 3.63) is 48.5 Å². The topological polar surface area (TPSA) is 99.1 Å². The number of quaternary nitrogens is 1. The fraction of sp³-hybridized carbons (Fsp3) is 0.318. The molecule has 0 aliphatic carbocycles. The van der Waals surface area contributed by atoms with E-state index in [0.717, 1.165) is 24.0 Å². The predicted octanol–water partition coefficient (Wildman–Crippen LogP) is 1.92. The van der Waals surface area contributed by atoms with E-state index in [9.17, 15) is 9.90 Å². The molecule has 1 saturated heterocycles. The third-order valence-electron chi connectivity index (χ3n) is 5.18. The molecule has 2 N–H and O–H groups in total. The summed E-state index contributed by atoms with van der Waals surface area (Å²) in [5.74, 6) is 0.667. The molecule has 1 fully saturated rings. The Bertz CT molecular complexity index is 1070. The largest absolute Gasteiger partial charge is 0.497 e. The van der Waals surface area contributed by atoms with Gasteiger partial charge in [-0.05, 0) is 30.3 Å². The minimum absolute atomic E-state index is 0.00665. The number of aromatic nitrogens is 1. The summed E-state index contributed by atoms with van der Waals surface area (Å²) in [6.07, 6.45) is 0. The lowest BCUT2D eigenvalue weighted by molar-refractivity contribution is -0.930. The fourth-order valence-electron chi connectivity index (χ4n) is 3.52. The number of benzene rings is 2. The number of ether oxygens (including phenoxy) is 3. The zero-order valence-electron chi connectivity index (χ0n) is 17.3. The summed E-state index contributed by atoms with van der Waals surface area (Å²) in [6, 6.07) is 14.4. The second-order valence-electron chi connectivity index (χ2n) is 7.20. The Morgan fingerprint density at radius 3 is 2.58 bits per heavy atom. The van der Waals surface area contributed by atoms with Gasteiger partial charge in [0.2, 0.25) is 5.88 Å². The number of para-hydroxylation sites is 1. The maximum atomic E-state index is 12.2. The Hall–Kier alpha value is -3.43. The summed E-state index contributed by atoms with van der Waals surface area (Å²) in [5, 5.41) is 19.4. The van der Waals surface area contributed by atoms with Crippen LogP contribution < -0.4 is 14.4 Å². The van der Waals surface area contributed by atoms with Crippen molar-refractivity contribution in [2.24, 2.45) is 10.2 Å². The van der Waals surface area contributed by atoms with Crippen LogP contribution in [-0.2, 0) is 16.2 Å². The first-order valence-electron chi connectivity index (χ1n) is 10.1. The summed E-state index contributed by atoms with van der Waals surface area (Å²) in [5.41, 5.74) is 1.12. The summed E-state index contributed by atoms with van der Waals surface area (Å²) in [7, 11) is 1.58. The van der Waals surface area contributed by atoms with Crippen molar-refractivity contribution in [2.75, 3.05) is 40.0 Å². The average Bonchev–Trinajstić information content (AvgIpc) is 3.08. The van der Waals surface area contributed by atoms with Crippen molar-refractivity contribution in [3.8, 4) is 17.4 Å². The average molecular weight is 425 g/mol. The number of rotatable bonds is 7. The first-order chi connectivity index (χ1) is 15.2. The van der Waals surface area contributed by atoms with E-state index in [1.54, 1.807) is 31.4 Å². The van der Waals surface area contributed by atoms with E-state index in [0.29, 0.717) is 31.4 Å². The van der Waals surface area contributed by atoms with E-state index < -0.39 is 5.91 Å². The Morgan fingerprint density at radius 1 is 1.13 bits per heavy atom. The Labute approximate surface area is 179 Å². The zero-order chi connectivity index (χ0) is 21.6. The minimum Gasteiger partial charge on any atom is -0.497 e. The predicted molar refractivity (Wildman–Crippen MR) is 113 cm³/mol. The number of nitrogens with zero attached hydrogens (tertiary/aromatic N) is 3. The highest BCUT2D eigenvalue weighted by Crippen LogP contribution is 2.38. The number of aromatic hydroxyl groups is 1. The number of carbonyl (C=O) groups excluding carboxylic acids is 1. The molecule has 0 unspecified atom stereocenters. The monoisotopic (exact) mass is 425 g/mol. The second kappa shape index (κ2) is 9.59. The molecule has 0 bridgehead atoms. The molecule has 9 heteroatoms. The molecule has 0 radical (unpaired) electrons. The van der Waals surface area contributed by atoms with Crippen LogP contribution in [0.5, 0.6) is 17.4 Å². The number of hydrogen-bond donors (Lipinski definition) is 2. The summed E-state index contributed by atoms with van der Waals surface area (Å²) >= 11 is 0. The number of amides is 1. The number of nitrogens with one attached hydrogen (secondary N) is 1. The van der Waals surface area contributed by atoms with Crippen LogP contribution in [0.3, 0.4) is 0 Å². The summed E-state index contributed by atoms with van der Waals surface area (Å²) < 4.78 is 17.7. The van der Waals surface area contributed by atoms with Crippen LogP contribution in [-0.4, -0.2) is 55.6 Å². The zero-order valence-corrected chi connectivity index (χ0v) is 17.3. The van der Waals surface area contributed by atoms with E-state index >= 15 is 0 Å². The summed E-state index contributed by atoms with van der Waals surface area (Å²) in [4.78, 5) is 13.5. The molecule has 0 atom stereocenters. The minimum atomic E-state index is -0.550. The number of carbonyl (C=O) groups is 1. The fourth-order valence-corrected chi connectivity index (χ4v) is 3.52. The van der Waals surface area contributed by atoms with Gasteiger partial charge in [-0.15, -0.1) is 10.2 Å². The standard InChI is InChI=1S/C22H24N4O5/c1-29-16-6-8-17(9-7-16)31-14-20(27)23-24-21-18-4-2-3-5-19(18)26(22(21)28)15-25-10-12-30-13-11-25/h2-9,28H,10-15H2,1H3/p+1. The van der Waals surface area contributed by atoms with Gasteiger partial charge in [0.25, 0.3) is 0 Å². The SMILES string of the molecule is COc1ccc(OCC(=O)N=Nc2c(O)n(C[NH+]3CCOCC3)c3ccccc23)cc1. The molecule has 4 rings (SSSR count). The van der Waals surface area contributed by atoms with Gasteiger partial charge < -0.3 is 24.2 Å². The lowest BCUT2D eigenvalue weighted by Crippen LogP contribution is -3.13. The van der Waals surface area contributed by atoms with Crippen molar-refractivity contribution >= 4 is 22.5 Å². The van der Waals surface area contributed by atoms with Crippen LogP contribution in [0, 0.1) is 0 Å². The van der Waals surface area contributed by atoms with Gasteiger partial charge in [-0.2, -0.15) is 0 Å². The first-order valence-corrected chi connectivity index (χ1v) is 10.1. The van der Waals surface area contributed by atoms with E-state index in [4.69, 9.17) is 14.2 Å². The maximum absolute atomic E-state index is 12.2. The normalized spacial score (nSPS) is 14.9. The lowest BCUT2D eigenvalue weighted by Gasteiger charge is -2.24. The Morgan fingerprint density at radius 2 is 1.84 bits per heavy atom. The third kappa shape index (κ3) is 4.84. The van der Waals surface area contributed by atoms with Crippen LogP contribution in [0.2, 0.25) is 0 Å². The van der Waals surface area contributed by atoms with Gasteiger partial charge in [-0.3, -0.25) is 9.36 Å². The number of fused-ring (bicyclic) bond motifs is 1. The Kier molecular flexibility index (Phi) is 6.44. The van der Waals surface area contributed by atoms with E-state index in [1.807, 2.05) is 28.8 Å². The molecular weight excluding hydrogens is 400 g/mol. The molecular formula is C22H25N4O5+. The van der Waals surface area contributed by atoms with E-state index in [2.05, 4.69) is 10.2 Å². The highest BCUT2D eigenvalue weighted by atomic mass is 16.5. The smallest absolute Gasteiger partial charge is 0.302 e. The number of azo groups is 1. The van der Waals surface area contributed by atoms with Gasteiger partial charge in [0.05, 0.1) is 25.8 Å². The van der Waals surface area contributed by atoms with Crippen LogP contribution in [0.15, 0.2) is 58.8 Å². The molecule has 1 aliphatic rings. The molecule has 1 aromatic heterocycles. The van der Waals surface area contributed by atoms with Crippen molar-refractivity contribution < 1.29 is 29.0 Å². The van der Waals surface area contributed by atoms with Crippen LogP contribution in [0.25, 0.3) is 10.9 Å². The summed E-state index contributed by atoms with van der Waals surface area (Å²) in [6.45, 7) is 3.45. The van der Waals surface area contributed by atoms with Crippen LogP contribution in [0.1, 0.15) is 0 Å². The van der Waals surface area contributed by atoms with E-state index in [1.165, 1.54) is 4.90 Å². The molecule has 1 amide bonds. The van der Waals surface area contributed by atoms with Crippen molar-refractivity contribution in [1.82, 2.24) is 4.57 Å². The number of methoxy groups -OCH3 is 1. The molecule has 31 heavy (non-hydrogen) atoms. The molecule has 0 spiro atoms. The van der Waals surface area contributed by atoms with Gasteiger partial charge in [0.1, 0.15) is 24.6 Å². The molecule has 9 nitrogen and oxygen atoms in total. The molecule has 3 aromatic rings. The molecule has 0 saturated carbocycles. The van der Waals surface area contributed by atoms with Crippen molar-refractivity contribution in [3.63, 3.8) is 0 Å². The third-order valence-corrected chi connectivity index (χ3v) is 5.18. The Balaban J connectivity index is 1.48. The van der Waals surface area contributed by atoms with Gasteiger partial charge >= 0.3 is 5.91 Å². The quantitative estimate of drug-likeness (QED) is 0.564. The van der Waals surface area contributed by atoms with Crippen molar-refractivity contribution in [2.45, 2.75) is 6.67 Å². The van der Waals surface area contributed by atoms with Gasteiger partial charge in [-0.25, -0.2) is 0 Å². The highest BCUT2D eigenvalue weighted by molar-refractivity contribution is 5.95. The van der Waals surface area contributed by atoms with Gasteiger partial charge in [0.15, 0.2) is 19.0 Å². The molecule has 1 aliphatic heterocycles. The first kappa shape index (κ1) is 20.8. The lowest BCUT2D eigenvalue weighted by atomic mass is 10.2.